The second kappa shape index (κ2) is 5.56. The number of hydrogen-bond acceptors (Lipinski definition) is 2. The highest BCUT2D eigenvalue weighted by Crippen LogP contribution is 2.24. The molecule has 1 aliphatic rings. The number of aryl methyl sites for hydroxylation is 1. The van der Waals surface area contributed by atoms with Crippen LogP contribution in [-0.4, -0.2) is 34.9 Å². The smallest absolute Gasteiger partial charge is 0.255 e. The molecule has 0 saturated carbocycles. The highest BCUT2D eigenvalue weighted by Gasteiger charge is 2.32. The average molecular weight is 258 g/mol. The number of halogens is 1. The number of carbonyl (C=O) groups excluding carboxylic acids is 1. The third kappa shape index (κ3) is 2.64. The fourth-order valence-electron chi connectivity index (χ4n) is 2.44. The van der Waals surface area contributed by atoms with E-state index in [1.807, 2.05) is 24.1 Å². The Kier molecular flexibility index (Phi) is 4.60. The molecule has 1 fully saturated rings. The van der Waals surface area contributed by atoms with E-state index in [1.54, 1.807) is 0 Å². The predicted molar refractivity (Wildman–Crippen MR) is 70.4 cm³/mol. The van der Waals surface area contributed by atoms with Crippen LogP contribution < -0.4 is 5.73 Å². The van der Waals surface area contributed by atoms with Crippen molar-refractivity contribution in [2.24, 2.45) is 11.7 Å². The zero-order valence-corrected chi connectivity index (χ0v) is 11.1. The summed E-state index contributed by atoms with van der Waals surface area (Å²) < 4.78 is 0. The molecule has 2 rings (SSSR count). The van der Waals surface area contributed by atoms with Crippen molar-refractivity contribution in [1.29, 1.82) is 0 Å². The minimum Gasteiger partial charge on any atom is -0.365 e. The minimum atomic E-state index is 0. The van der Waals surface area contributed by atoms with Gasteiger partial charge in [0.25, 0.3) is 5.91 Å². The summed E-state index contributed by atoms with van der Waals surface area (Å²) in [5.41, 5.74) is 7.38. The molecular weight excluding hydrogens is 238 g/mol. The van der Waals surface area contributed by atoms with Gasteiger partial charge in [-0.15, -0.1) is 12.4 Å². The molecular formula is C12H20ClN3O. The first kappa shape index (κ1) is 14.1. The number of H-pyrrole nitrogens is 1. The molecule has 3 N–H and O–H groups in total. The standard InChI is InChI=1S/C12H19N3O.ClH/c1-8-5-10(6-13)7-15(8)12(16)11-3-4-14-9(11)2;/h3-4,8,10,14H,5-7,13H2,1-2H3;1H. The fourth-order valence-corrected chi connectivity index (χ4v) is 2.44. The van der Waals surface area contributed by atoms with Crippen LogP contribution in [-0.2, 0) is 0 Å². The third-order valence-corrected chi connectivity index (χ3v) is 3.44. The van der Waals surface area contributed by atoms with E-state index >= 15 is 0 Å². The van der Waals surface area contributed by atoms with Crippen molar-refractivity contribution in [3.63, 3.8) is 0 Å². The molecule has 0 bridgehead atoms. The Hall–Kier alpha value is -1.00. The van der Waals surface area contributed by atoms with Crippen LogP contribution in [0.4, 0.5) is 0 Å². The molecule has 2 unspecified atom stereocenters. The van der Waals surface area contributed by atoms with Crippen LogP contribution in [0.2, 0.25) is 0 Å². The number of aromatic amines is 1. The number of nitrogens with one attached hydrogen (secondary N) is 1. The Balaban J connectivity index is 0.00000144. The van der Waals surface area contributed by atoms with Gasteiger partial charge in [0, 0.05) is 24.5 Å². The Morgan fingerprint density at radius 1 is 1.65 bits per heavy atom. The number of nitrogens with two attached hydrogens (primary N) is 1. The van der Waals surface area contributed by atoms with Crippen molar-refractivity contribution >= 4 is 18.3 Å². The Morgan fingerprint density at radius 2 is 2.35 bits per heavy atom. The summed E-state index contributed by atoms with van der Waals surface area (Å²) in [6.45, 7) is 5.48. The SMILES string of the molecule is Cc1[nH]ccc1C(=O)N1CC(CN)CC1C.Cl. The molecule has 17 heavy (non-hydrogen) atoms. The molecule has 0 spiro atoms. The highest BCUT2D eigenvalue weighted by molar-refractivity contribution is 5.95. The lowest BCUT2D eigenvalue weighted by Crippen LogP contribution is -2.34. The number of aromatic nitrogens is 1. The lowest BCUT2D eigenvalue weighted by atomic mass is 10.1. The largest absolute Gasteiger partial charge is 0.365 e. The van der Waals surface area contributed by atoms with E-state index in [4.69, 9.17) is 5.73 Å². The van der Waals surface area contributed by atoms with Crippen LogP contribution in [0.5, 0.6) is 0 Å². The summed E-state index contributed by atoms with van der Waals surface area (Å²) in [6.07, 6.45) is 2.83. The summed E-state index contributed by atoms with van der Waals surface area (Å²) >= 11 is 0. The third-order valence-electron chi connectivity index (χ3n) is 3.44. The van der Waals surface area contributed by atoms with Crippen LogP contribution in [0.25, 0.3) is 0 Å². The van der Waals surface area contributed by atoms with Crippen LogP contribution in [0.3, 0.4) is 0 Å². The van der Waals surface area contributed by atoms with E-state index < -0.39 is 0 Å². The van der Waals surface area contributed by atoms with Gasteiger partial charge in [-0.05, 0) is 38.8 Å². The van der Waals surface area contributed by atoms with Gasteiger partial charge in [0.1, 0.15) is 0 Å². The van der Waals surface area contributed by atoms with Crippen LogP contribution in [0.15, 0.2) is 12.3 Å². The molecule has 1 saturated heterocycles. The summed E-state index contributed by atoms with van der Waals surface area (Å²) in [5, 5.41) is 0. The number of rotatable bonds is 2. The van der Waals surface area contributed by atoms with Gasteiger partial charge in [0.2, 0.25) is 0 Å². The number of likely N-dealkylation sites (tertiary alicyclic amines) is 1. The van der Waals surface area contributed by atoms with E-state index in [2.05, 4.69) is 11.9 Å². The first-order chi connectivity index (χ1) is 7.63. The van der Waals surface area contributed by atoms with Crippen LogP contribution in [0.1, 0.15) is 29.4 Å². The van der Waals surface area contributed by atoms with Crippen molar-refractivity contribution in [3.8, 4) is 0 Å². The maximum Gasteiger partial charge on any atom is 0.255 e. The molecule has 5 heteroatoms. The van der Waals surface area contributed by atoms with E-state index in [0.29, 0.717) is 18.5 Å². The lowest BCUT2D eigenvalue weighted by molar-refractivity contribution is 0.0743. The molecule has 0 aliphatic carbocycles. The summed E-state index contributed by atoms with van der Waals surface area (Å²) in [7, 11) is 0. The molecule has 4 nitrogen and oxygen atoms in total. The second-order valence-corrected chi connectivity index (χ2v) is 4.66. The van der Waals surface area contributed by atoms with E-state index in [1.165, 1.54) is 0 Å². The van der Waals surface area contributed by atoms with Gasteiger partial charge in [0.05, 0.1) is 5.56 Å². The number of carbonyl (C=O) groups is 1. The molecule has 2 atom stereocenters. The fraction of sp³-hybridized carbons (Fsp3) is 0.583. The van der Waals surface area contributed by atoms with E-state index in [9.17, 15) is 4.79 Å². The normalized spacial score (nSPS) is 23.6. The molecule has 1 aromatic rings. The number of hydrogen-bond donors (Lipinski definition) is 2. The van der Waals surface area contributed by atoms with Crippen molar-refractivity contribution < 1.29 is 4.79 Å². The first-order valence-corrected chi connectivity index (χ1v) is 5.78. The lowest BCUT2D eigenvalue weighted by Gasteiger charge is -2.21. The van der Waals surface area contributed by atoms with Crippen molar-refractivity contribution in [2.45, 2.75) is 26.3 Å². The maximum absolute atomic E-state index is 12.3. The van der Waals surface area contributed by atoms with Crippen molar-refractivity contribution in [2.75, 3.05) is 13.1 Å². The summed E-state index contributed by atoms with van der Waals surface area (Å²) in [6, 6.07) is 2.15. The topological polar surface area (TPSA) is 62.1 Å². The predicted octanol–water partition coefficient (Wildman–Crippen LogP) is 1.55. The Labute approximate surface area is 108 Å². The average Bonchev–Trinajstić information content (AvgIpc) is 2.83. The highest BCUT2D eigenvalue weighted by atomic mass is 35.5. The van der Waals surface area contributed by atoms with Gasteiger partial charge in [-0.2, -0.15) is 0 Å². The molecule has 1 aliphatic heterocycles. The molecule has 0 radical (unpaired) electrons. The maximum atomic E-state index is 12.3. The molecule has 1 amide bonds. The summed E-state index contributed by atoms with van der Waals surface area (Å²) in [5.74, 6) is 0.584. The van der Waals surface area contributed by atoms with Gasteiger partial charge in [0.15, 0.2) is 0 Å². The monoisotopic (exact) mass is 257 g/mol. The molecule has 96 valence electrons. The van der Waals surface area contributed by atoms with Crippen molar-refractivity contribution in [3.05, 3.63) is 23.5 Å². The van der Waals surface area contributed by atoms with Crippen LogP contribution >= 0.6 is 12.4 Å². The number of nitrogens with zero attached hydrogens (tertiary/aromatic N) is 1. The van der Waals surface area contributed by atoms with E-state index in [0.717, 1.165) is 24.2 Å². The zero-order chi connectivity index (χ0) is 11.7. The quantitative estimate of drug-likeness (QED) is 0.845. The Bertz CT molecular complexity index is 391. The number of amides is 1. The van der Waals surface area contributed by atoms with E-state index in [-0.39, 0.29) is 18.3 Å². The van der Waals surface area contributed by atoms with Gasteiger partial charge < -0.3 is 15.6 Å². The molecule has 1 aromatic heterocycles. The van der Waals surface area contributed by atoms with Gasteiger partial charge in [-0.3, -0.25) is 4.79 Å². The van der Waals surface area contributed by atoms with Gasteiger partial charge in [-0.1, -0.05) is 0 Å². The van der Waals surface area contributed by atoms with Gasteiger partial charge >= 0.3 is 0 Å². The summed E-state index contributed by atoms with van der Waals surface area (Å²) in [4.78, 5) is 17.2. The first-order valence-electron chi connectivity index (χ1n) is 5.78. The molecule has 0 aromatic carbocycles. The Morgan fingerprint density at radius 3 is 2.82 bits per heavy atom. The zero-order valence-electron chi connectivity index (χ0n) is 10.3. The van der Waals surface area contributed by atoms with Gasteiger partial charge in [-0.25, -0.2) is 0 Å². The van der Waals surface area contributed by atoms with Crippen molar-refractivity contribution in [1.82, 2.24) is 9.88 Å². The minimum absolute atomic E-state index is 0. The molecule has 2 heterocycles. The second-order valence-electron chi connectivity index (χ2n) is 4.66. The van der Waals surface area contributed by atoms with Crippen LogP contribution in [0, 0.1) is 12.8 Å².